The minimum Gasteiger partial charge on any atom is -0.326 e. The van der Waals surface area contributed by atoms with Crippen LogP contribution < -0.4 is 5.32 Å². The maximum atomic E-state index is 11.9. The van der Waals surface area contributed by atoms with Gasteiger partial charge in [0.05, 0.1) is 12.7 Å². The van der Waals surface area contributed by atoms with E-state index in [9.17, 15) is 4.79 Å². The topological polar surface area (TPSA) is 32.3 Å². The fraction of sp³-hybridized carbons (Fsp3) is 0.929. The molecule has 2 fully saturated rings. The lowest BCUT2D eigenvalue weighted by Gasteiger charge is -2.25. The third kappa shape index (κ3) is 1.88. The van der Waals surface area contributed by atoms with Crippen LogP contribution in [0.25, 0.3) is 0 Å². The highest BCUT2D eigenvalue weighted by atomic mass is 16.2. The van der Waals surface area contributed by atoms with Crippen LogP contribution in [-0.2, 0) is 4.79 Å². The summed E-state index contributed by atoms with van der Waals surface area (Å²) in [5.74, 6) is 0.917. The molecule has 1 N–H and O–H groups in total. The summed E-state index contributed by atoms with van der Waals surface area (Å²) in [7, 11) is 0. The molecule has 98 valence electrons. The summed E-state index contributed by atoms with van der Waals surface area (Å²) in [5, 5.41) is 3.32. The second kappa shape index (κ2) is 3.98. The Balaban J connectivity index is 2.01. The summed E-state index contributed by atoms with van der Waals surface area (Å²) in [6, 6.07) is 0. The van der Waals surface area contributed by atoms with Gasteiger partial charge in [-0.3, -0.25) is 10.1 Å². The molecule has 1 atom stereocenters. The van der Waals surface area contributed by atoms with Crippen LogP contribution in [0, 0.1) is 16.7 Å². The predicted molar refractivity (Wildman–Crippen MR) is 69.5 cm³/mol. The number of amides is 1. The van der Waals surface area contributed by atoms with Crippen molar-refractivity contribution in [2.24, 2.45) is 16.7 Å². The number of hydrogen-bond acceptors (Lipinski definition) is 2. The van der Waals surface area contributed by atoms with Crippen LogP contribution in [0.3, 0.4) is 0 Å². The Labute approximate surface area is 105 Å². The van der Waals surface area contributed by atoms with Gasteiger partial charge in [-0.15, -0.1) is 0 Å². The van der Waals surface area contributed by atoms with Crippen molar-refractivity contribution in [3.8, 4) is 0 Å². The van der Waals surface area contributed by atoms with Gasteiger partial charge in [0.25, 0.3) is 0 Å². The fourth-order valence-corrected chi connectivity index (χ4v) is 3.34. The van der Waals surface area contributed by atoms with Gasteiger partial charge in [-0.1, -0.05) is 41.0 Å². The van der Waals surface area contributed by atoms with Gasteiger partial charge in [0.2, 0.25) is 5.91 Å². The standard InChI is InChI=1S/C14H26N2O/c1-6-7-11-15-8-12(17)16(11)9-10-13(2,3)14(10,4)5/h10-11,15H,6-9H2,1-5H3. The molecule has 0 spiro atoms. The monoisotopic (exact) mass is 238 g/mol. The quantitative estimate of drug-likeness (QED) is 0.814. The number of rotatable bonds is 4. The first kappa shape index (κ1) is 12.9. The summed E-state index contributed by atoms with van der Waals surface area (Å²) >= 11 is 0. The normalized spacial score (nSPS) is 31.0. The first-order valence-corrected chi connectivity index (χ1v) is 6.85. The van der Waals surface area contributed by atoms with E-state index in [1.54, 1.807) is 0 Å². The molecule has 17 heavy (non-hydrogen) atoms. The van der Waals surface area contributed by atoms with Gasteiger partial charge in [0.15, 0.2) is 0 Å². The first-order chi connectivity index (χ1) is 7.82. The number of nitrogens with one attached hydrogen (secondary N) is 1. The molecule has 1 saturated heterocycles. The van der Waals surface area contributed by atoms with Crippen LogP contribution in [0.1, 0.15) is 47.5 Å². The number of carbonyl (C=O) groups is 1. The zero-order valence-electron chi connectivity index (χ0n) is 11.8. The van der Waals surface area contributed by atoms with Crippen molar-refractivity contribution in [3.05, 3.63) is 0 Å². The Morgan fingerprint density at radius 2 is 1.88 bits per heavy atom. The minimum absolute atomic E-state index is 0.277. The molecule has 2 rings (SSSR count). The molecule has 3 heteroatoms. The van der Waals surface area contributed by atoms with E-state index in [-0.39, 0.29) is 12.1 Å². The Morgan fingerprint density at radius 3 is 2.35 bits per heavy atom. The summed E-state index contributed by atoms with van der Waals surface area (Å²) in [6.07, 6.45) is 2.47. The fourth-order valence-electron chi connectivity index (χ4n) is 3.34. The van der Waals surface area contributed by atoms with Crippen molar-refractivity contribution in [1.82, 2.24) is 10.2 Å². The molecule has 0 radical (unpaired) electrons. The van der Waals surface area contributed by atoms with Gasteiger partial charge >= 0.3 is 0 Å². The van der Waals surface area contributed by atoms with E-state index >= 15 is 0 Å². The van der Waals surface area contributed by atoms with Gasteiger partial charge < -0.3 is 4.90 Å². The number of carbonyl (C=O) groups excluding carboxylic acids is 1. The van der Waals surface area contributed by atoms with E-state index < -0.39 is 0 Å². The lowest BCUT2D eigenvalue weighted by Crippen LogP contribution is -2.39. The van der Waals surface area contributed by atoms with Crippen LogP contribution in [-0.4, -0.2) is 30.1 Å². The zero-order valence-corrected chi connectivity index (χ0v) is 11.8. The average Bonchev–Trinajstić information content (AvgIpc) is 2.53. The van der Waals surface area contributed by atoms with Crippen LogP contribution >= 0.6 is 0 Å². The van der Waals surface area contributed by atoms with Crippen LogP contribution in [0.4, 0.5) is 0 Å². The highest BCUT2D eigenvalue weighted by molar-refractivity contribution is 5.80. The van der Waals surface area contributed by atoms with Crippen molar-refractivity contribution >= 4 is 5.91 Å². The van der Waals surface area contributed by atoms with Gasteiger partial charge in [-0.25, -0.2) is 0 Å². The van der Waals surface area contributed by atoms with E-state index in [0.717, 1.165) is 19.4 Å². The first-order valence-electron chi connectivity index (χ1n) is 6.85. The van der Waals surface area contributed by atoms with Gasteiger partial charge in [-0.05, 0) is 23.2 Å². The molecular weight excluding hydrogens is 212 g/mol. The highest BCUT2D eigenvalue weighted by Crippen LogP contribution is 2.68. The largest absolute Gasteiger partial charge is 0.326 e. The summed E-state index contributed by atoms with van der Waals surface area (Å²) in [6.45, 7) is 12.9. The highest BCUT2D eigenvalue weighted by Gasteiger charge is 2.65. The summed E-state index contributed by atoms with van der Waals surface area (Å²) < 4.78 is 0. The number of hydrogen-bond donors (Lipinski definition) is 1. The van der Waals surface area contributed by atoms with Gasteiger partial charge in [-0.2, -0.15) is 0 Å². The maximum absolute atomic E-state index is 11.9. The van der Waals surface area contributed by atoms with Crippen LogP contribution in [0.5, 0.6) is 0 Å². The average molecular weight is 238 g/mol. The second-order valence-electron chi connectivity index (χ2n) is 6.73. The molecular formula is C14H26N2O. The molecule has 0 aromatic carbocycles. The van der Waals surface area contributed by atoms with Crippen molar-refractivity contribution in [3.63, 3.8) is 0 Å². The molecule has 0 bridgehead atoms. The molecule has 1 heterocycles. The molecule has 2 aliphatic rings. The predicted octanol–water partition coefficient (Wildman–Crippen LogP) is 2.23. The Hall–Kier alpha value is -0.570. The lowest BCUT2D eigenvalue weighted by molar-refractivity contribution is -0.128. The van der Waals surface area contributed by atoms with E-state index in [1.807, 2.05) is 0 Å². The smallest absolute Gasteiger partial charge is 0.237 e. The Morgan fingerprint density at radius 1 is 1.29 bits per heavy atom. The van der Waals surface area contributed by atoms with Crippen molar-refractivity contribution in [2.75, 3.05) is 13.1 Å². The minimum atomic E-state index is 0.277. The van der Waals surface area contributed by atoms with Gasteiger partial charge in [0, 0.05) is 6.54 Å². The van der Waals surface area contributed by atoms with Gasteiger partial charge in [0.1, 0.15) is 0 Å². The Kier molecular flexibility index (Phi) is 3.01. The maximum Gasteiger partial charge on any atom is 0.237 e. The molecule has 0 aromatic rings. The molecule has 3 nitrogen and oxygen atoms in total. The van der Waals surface area contributed by atoms with Crippen molar-refractivity contribution < 1.29 is 4.79 Å². The summed E-state index contributed by atoms with van der Waals surface area (Å²) in [4.78, 5) is 14.0. The third-order valence-corrected chi connectivity index (χ3v) is 5.45. The summed E-state index contributed by atoms with van der Waals surface area (Å²) in [5.41, 5.74) is 0.735. The number of nitrogens with zero attached hydrogens (tertiary/aromatic N) is 1. The molecule has 1 unspecified atom stereocenters. The Bertz CT molecular complexity index is 308. The zero-order chi connectivity index (χ0) is 12.8. The van der Waals surface area contributed by atoms with E-state index in [4.69, 9.17) is 0 Å². The molecule has 1 aliphatic carbocycles. The SMILES string of the molecule is CCCC1NCC(=O)N1CC1C(C)(C)C1(C)C. The van der Waals surface area contributed by atoms with Crippen LogP contribution in [0.2, 0.25) is 0 Å². The molecule has 1 saturated carbocycles. The van der Waals surface area contributed by atoms with E-state index in [1.165, 1.54) is 0 Å². The second-order valence-corrected chi connectivity index (χ2v) is 6.73. The van der Waals surface area contributed by atoms with Crippen molar-refractivity contribution in [1.29, 1.82) is 0 Å². The third-order valence-electron chi connectivity index (χ3n) is 5.45. The van der Waals surface area contributed by atoms with E-state index in [2.05, 4.69) is 44.8 Å². The molecule has 1 aliphatic heterocycles. The van der Waals surface area contributed by atoms with Crippen molar-refractivity contribution in [2.45, 2.75) is 53.6 Å². The van der Waals surface area contributed by atoms with Crippen LogP contribution in [0.15, 0.2) is 0 Å². The molecule has 1 amide bonds. The molecule has 0 aromatic heterocycles. The van der Waals surface area contributed by atoms with E-state index in [0.29, 0.717) is 23.3 Å². The lowest BCUT2D eigenvalue weighted by atomic mass is 10.0.